The molecular formula is C15H20N2O2S. The molecular weight excluding hydrogens is 272 g/mol. The van der Waals surface area contributed by atoms with E-state index in [-0.39, 0.29) is 4.90 Å². The third kappa shape index (κ3) is 2.68. The third-order valence-corrected chi connectivity index (χ3v) is 5.60. The summed E-state index contributed by atoms with van der Waals surface area (Å²) >= 11 is 0. The van der Waals surface area contributed by atoms with E-state index in [1.54, 1.807) is 24.3 Å². The average molecular weight is 292 g/mol. The summed E-state index contributed by atoms with van der Waals surface area (Å²) in [6.45, 7) is 6.06. The molecule has 108 valence electrons. The maximum Gasteiger partial charge on any atom is 0.256 e. The van der Waals surface area contributed by atoms with Gasteiger partial charge in [-0.05, 0) is 31.4 Å². The molecule has 0 saturated carbocycles. The minimum Gasteiger partial charge on any atom is -0.247 e. The summed E-state index contributed by atoms with van der Waals surface area (Å²) in [5.74, 6) is 0.408. The smallest absolute Gasteiger partial charge is 0.247 e. The summed E-state index contributed by atoms with van der Waals surface area (Å²) < 4.78 is 25.7. The Bertz CT molecular complexity index is 616. The second kappa shape index (κ2) is 5.48. The van der Waals surface area contributed by atoms with Crippen LogP contribution in [0.25, 0.3) is 0 Å². The van der Waals surface area contributed by atoms with Gasteiger partial charge in [0.1, 0.15) is 0 Å². The van der Waals surface area contributed by atoms with Gasteiger partial charge in [0.2, 0.25) is 9.84 Å². The first-order chi connectivity index (χ1) is 9.37. The predicted octanol–water partition coefficient (Wildman–Crippen LogP) is 3.01. The highest BCUT2D eigenvalue weighted by molar-refractivity contribution is 7.92. The molecule has 2 rings (SSSR count). The summed E-state index contributed by atoms with van der Waals surface area (Å²) in [6.07, 6.45) is 4.13. The maximum atomic E-state index is 12.9. The molecule has 5 heteroatoms. The topological polar surface area (TPSA) is 58.9 Å². The molecule has 4 nitrogen and oxygen atoms in total. The van der Waals surface area contributed by atoms with Gasteiger partial charge in [-0.3, -0.25) is 0 Å². The van der Waals surface area contributed by atoms with Crippen molar-refractivity contribution in [2.24, 2.45) is 15.9 Å². The van der Waals surface area contributed by atoms with Gasteiger partial charge in [-0.1, -0.05) is 31.5 Å². The monoisotopic (exact) mass is 292 g/mol. The van der Waals surface area contributed by atoms with Crippen LogP contribution in [0.3, 0.4) is 0 Å². The van der Waals surface area contributed by atoms with Crippen molar-refractivity contribution in [1.29, 1.82) is 0 Å². The lowest BCUT2D eigenvalue weighted by Gasteiger charge is -2.24. The second-order valence-corrected chi connectivity index (χ2v) is 7.68. The fraction of sp³-hybridized carbons (Fsp3) is 0.467. The van der Waals surface area contributed by atoms with Gasteiger partial charge in [0.05, 0.1) is 4.90 Å². The molecule has 1 aromatic carbocycles. The predicted molar refractivity (Wildman–Crippen MR) is 82.2 cm³/mol. The van der Waals surface area contributed by atoms with Gasteiger partial charge in [0.15, 0.2) is 0 Å². The van der Waals surface area contributed by atoms with Crippen LogP contribution >= 0.6 is 0 Å². The molecule has 1 heterocycles. The van der Waals surface area contributed by atoms with Crippen LogP contribution in [0.4, 0.5) is 0 Å². The molecule has 1 aromatic rings. The molecule has 0 fully saturated rings. The zero-order valence-electron chi connectivity index (χ0n) is 12.1. The summed E-state index contributed by atoms with van der Waals surface area (Å²) in [7, 11) is -3.61. The van der Waals surface area contributed by atoms with Crippen molar-refractivity contribution in [1.82, 2.24) is 0 Å². The summed E-state index contributed by atoms with van der Waals surface area (Å²) in [6, 6.07) is 6.85. The molecule has 0 amide bonds. The van der Waals surface area contributed by atoms with Gasteiger partial charge in [-0.2, -0.15) is 0 Å². The van der Waals surface area contributed by atoms with E-state index in [4.69, 9.17) is 0 Å². The first-order valence-electron chi connectivity index (χ1n) is 6.78. The molecule has 1 aliphatic heterocycles. The molecule has 0 N–H and O–H groups in total. The summed E-state index contributed by atoms with van der Waals surface area (Å²) in [5.41, 5.74) is 1.03. The average Bonchev–Trinajstić information content (AvgIpc) is 2.87. The molecule has 0 atom stereocenters. The Balaban J connectivity index is 2.41. The Hall–Kier alpha value is -1.49. The first-order valence-corrected chi connectivity index (χ1v) is 8.26. The van der Waals surface area contributed by atoms with Gasteiger partial charge >= 0.3 is 0 Å². The van der Waals surface area contributed by atoms with E-state index in [1.807, 2.05) is 6.92 Å². The summed E-state index contributed by atoms with van der Waals surface area (Å²) in [4.78, 5) is 7.26. The van der Waals surface area contributed by atoms with Crippen molar-refractivity contribution >= 4 is 22.3 Å². The largest absolute Gasteiger partial charge is 0.256 e. The number of sulfone groups is 1. The maximum absolute atomic E-state index is 12.9. The van der Waals surface area contributed by atoms with Gasteiger partial charge in [-0.15, -0.1) is 0 Å². The fourth-order valence-corrected chi connectivity index (χ4v) is 3.78. The highest BCUT2D eigenvalue weighted by Crippen LogP contribution is 2.35. The van der Waals surface area contributed by atoms with Gasteiger partial charge in [0.25, 0.3) is 4.99 Å². The van der Waals surface area contributed by atoms with Crippen LogP contribution in [0.15, 0.2) is 39.1 Å². The van der Waals surface area contributed by atoms with E-state index < -0.39 is 14.8 Å². The van der Waals surface area contributed by atoms with Crippen LogP contribution in [0, 0.1) is 12.8 Å². The number of aryl methyl sites for hydroxylation is 1. The Morgan fingerprint density at radius 3 is 2.15 bits per heavy atom. The van der Waals surface area contributed by atoms with E-state index in [0.29, 0.717) is 12.3 Å². The highest BCUT2D eigenvalue weighted by Gasteiger charge is 2.44. The lowest BCUT2D eigenvalue weighted by atomic mass is 10.1. The molecule has 20 heavy (non-hydrogen) atoms. The molecule has 0 aromatic heterocycles. The Morgan fingerprint density at radius 2 is 1.65 bits per heavy atom. The van der Waals surface area contributed by atoms with Gasteiger partial charge < -0.3 is 0 Å². The van der Waals surface area contributed by atoms with E-state index in [1.165, 1.54) is 12.4 Å². The number of nitrogens with zero attached hydrogens (tertiary/aromatic N) is 2. The number of rotatable bonds is 5. The first kappa shape index (κ1) is 14.9. The van der Waals surface area contributed by atoms with Crippen molar-refractivity contribution < 1.29 is 8.42 Å². The highest BCUT2D eigenvalue weighted by atomic mass is 32.2. The zero-order chi connectivity index (χ0) is 14.8. The lowest BCUT2D eigenvalue weighted by molar-refractivity contribution is 0.454. The van der Waals surface area contributed by atoms with Crippen LogP contribution in [-0.4, -0.2) is 25.8 Å². The SMILES string of the molecule is Cc1ccc(S(=O)(=O)C2(CCC(C)C)N=CC=N2)cc1. The van der Waals surface area contributed by atoms with Crippen LogP contribution in [0.1, 0.15) is 32.3 Å². The van der Waals surface area contributed by atoms with Crippen molar-refractivity contribution in [3.63, 3.8) is 0 Å². The molecule has 0 saturated heterocycles. The van der Waals surface area contributed by atoms with Crippen molar-refractivity contribution in [3.8, 4) is 0 Å². The normalized spacial score (nSPS) is 17.0. The van der Waals surface area contributed by atoms with Gasteiger partial charge in [-0.25, -0.2) is 18.4 Å². The quantitative estimate of drug-likeness (QED) is 0.837. The van der Waals surface area contributed by atoms with Crippen LogP contribution in [-0.2, 0) is 9.84 Å². The molecule has 0 aliphatic carbocycles. The Kier molecular flexibility index (Phi) is 4.09. The minimum atomic E-state index is -3.61. The zero-order valence-corrected chi connectivity index (χ0v) is 12.9. The molecule has 0 unspecified atom stereocenters. The van der Waals surface area contributed by atoms with Crippen LogP contribution < -0.4 is 0 Å². The van der Waals surface area contributed by atoms with E-state index >= 15 is 0 Å². The third-order valence-electron chi connectivity index (χ3n) is 3.43. The summed E-state index contributed by atoms with van der Waals surface area (Å²) in [5, 5.41) is 0. The van der Waals surface area contributed by atoms with Crippen molar-refractivity contribution in [2.45, 2.75) is 43.5 Å². The molecule has 0 radical (unpaired) electrons. The van der Waals surface area contributed by atoms with E-state index in [2.05, 4.69) is 23.8 Å². The van der Waals surface area contributed by atoms with E-state index in [9.17, 15) is 8.42 Å². The van der Waals surface area contributed by atoms with Crippen molar-refractivity contribution in [3.05, 3.63) is 29.8 Å². The van der Waals surface area contributed by atoms with Crippen LogP contribution in [0.2, 0.25) is 0 Å². The molecule has 1 aliphatic rings. The van der Waals surface area contributed by atoms with E-state index in [0.717, 1.165) is 12.0 Å². The molecule has 0 bridgehead atoms. The number of aliphatic imine (C=N–C) groups is 2. The molecule has 0 spiro atoms. The second-order valence-electron chi connectivity index (χ2n) is 5.55. The van der Waals surface area contributed by atoms with Crippen molar-refractivity contribution in [2.75, 3.05) is 0 Å². The number of hydrogen-bond donors (Lipinski definition) is 0. The number of hydrogen-bond acceptors (Lipinski definition) is 4. The Labute approximate surface area is 120 Å². The fourth-order valence-electron chi connectivity index (χ4n) is 2.12. The number of benzene rings is 1. The lowest BCUT2D eigenvalue weighted by Crippen LogP contribution is -2.33. The van der Waals surface area contributed by atoms with Gasteiger partial charge in [0, 0.05) is 18.9 Å². The minimum absolute atomic E-state index is 0.281. The Morgan fingerprint density at radius 1 is 1.10 bits per heavy atom. The van der Waals surface area contributed by atoms with Crippen LogP contribution in [0.5, 0.6) is 0 Å². The standard InChI is InChI=1S/C15H20N2O2S/c1-12(2)8-9-15(16-10-11-17-15)20(18,19)14-6-4-13(3)5-7-14/h4-7,10-12H,8-9H2,1-3H3.